The van der Waals surface area contributed by atoms with Crippen molar-refractivity contribution in [2.24, 2.45) is 0 Å². The smallest absolute Gasteiger partial charge is 0.166 e. The van der Waals surface area contributed by atoms with Crippen LogP contribution in [0.3, 0.4) is 0 Å². The van der Waals surface area contributed by atoms with Gasteiger partial charge in [-0.1, -0.05) is 53.9 Å². The van der Waals surface area contributed by atoms with E-state index in [2.05, 4.69) is 0 Å². The Labute approximate surface area is 132 Å². The van der Waals surface area contributed by atoms with Crippen LogP contribution in [0.25, 0.3) is 0 Å². The van der Waals surface area contributed by atoms with Crippen LogP contribution in [0.4, 0.5) is 0 Å². The summed E-state index contributed by atoms with van der Waals surface area (Å²) in [4.78, 5) is 11.9. The average molecular weight is 330 g/mol. The molecule has 104 valence electrons. The van der Waals surface area contributed by atoms with E-state index in [0.29, 0.717) is 38.6 Å². The third kappa shape index (κ3) is 3.26. The van der Waals surface area contributed by atoms with Crippen molar-refractivity contribution in [1.82, 2.24) is 0 Å². The molecule has 5 heteroatoms. The molecule has 0 saturated heterocycles. The molecule has 0 radical (unpaired) electrons. The normalized spacial score (nSPS) is 10.4. The summed E-state index contributed by atoms with van der Waals surface area (Å²) in [5.41, 5.74) is 0.511. The maximum Gasteiger partial charge on any atom is 0.166 e. The van der Waals surface area contributed by atoms with Crippen LogP contribution in [0.5, 0.6) is 11.5 Å². The molecule has 0 spiro atoms. The van der Waals surface area contributed by atoms with E-state index in [-0.39, 0.29) is 5.78 Å². The van der Waals surface area contributed by atoms with Crippen molar-refractivity contribution in [1.29, 1.82) is 0 Å². The fourth-order valence-electron chi connectivity index (χ4n) is 1.68. The lowest BCUT2D eigenvalue weighted by atomic mass is 10.1. The average Bonchev–Trinajstić information content (AvgIpc) is 2.44. The minimum Gasteiger partial charge on any atom is -0.455 e. The van der Waals surface area contributed by atoms with Gasteiger partial charge in [-0.2, -0.15) is 0 Å². The summed E-state index contributed by atoms with van der Waals surface area (Å²) in [5.74, 6) is 0.800. The minimum absolute atomic E-state index is 0.00298. The molecule has 0 aliphatic carbocycles. The Balaban J connectivity index is 2.40. The van der Waals surface area contributed by atoms with E-state index in [0.717, 1.165) is 0 Å². The molecule has 0 N–H and O–H groups in total. The van der Waals surface area contributed by atoms with Gasteiger partial charge < -0.3 is 4.74 Å². The molecule has 0 unspecified atom stereocenters. The molecule has 20 heavy (non-hydrogen) atoms. The molecule has 0 bridgehead atoms. The second kappa shape index (κ2) is 6.49. The number of ketones is 1. The fraction of sp³-hybridized carbons (Fsp3) is 0.133. The van der Waals surface area contributed by atoms with Gasteiger partial charge in [0.1, 0.15) is 11.5 Å². The number of benzene rings is 2. The van der Waals surface area contributed by atoms with Gasteiger partial charge in [0.05, 0.1) is 20.6 Å². The van der Waals surface area contributed by atoms with Crippen LogP contribution < -0.4 is 4.74 Å². The third-order valence-electron chi connectivity index (χ3n) is 2.70. The number of carbonyl (C=O) groups excluding carboxylic acids is 1. The minimum atomic E-state index is -0.00298. The Kier molecular flexibility index (Phi) is 4.92. The van der Waals surface area contributed by atoms with Gasteiger partial charge in [0.15, 0.2) is 5.78 Å². The van der Waals surface area contributed by atoms with Crippen LogP contribution >= 0.6 is 34.8 Å². The summed E-state index contributed by atoms with van der Waals surface area (Å²) in [7, 11) is 0. The molecule has 0 atom stereocenters. The summed E-state index contributed by atoms with van der Waals surface area (Å²) in [5, 5.41) is 1.02. The van der Waals surface area contributed by atoms with Gasteiger partial charge in [-0.3, -0.25) is 4.79 Å². The molecule has 0 amide bonds. The number of para-hydroxylation sites is 1. The van der Waals surface area contributed by atoms with Crippen molar-refractivity contribution in [3.63, 3.8) is 0 Å². The first-order valence-electron chi connectivity index (χ1n) is 5.97. The number of hydrogen-bond acceptors (Lipinski definition) is 2. The lowest BCUT2D eigenvalue weighted by Gasteiger charge is -2.12. The molecule has 0 heterocycles. The van der Waals surface area contributed by atoms with Gasteiger partial charge in [0.25, 0.3) is 0 Å². The van der Waals surface area contributed by atoms with Crippen LogP contribution in [-0.2, 0) is 0 Å². The van der Waals surface area contributed by atoms with Crippen molar-refractivity contribution in [3.05, 3.63) is 57.0 Å². The second-order valence-electron chi connectivity index (χ2n) is 4.07. The molecular weight excluding hydrogens is 319 g/mol. The standard InChI is InChI=1S/C15H11Cl3O2/c1-2-13(19)9-5-3-4-6-14(9)20-15-8-11(17)10(16)7-12(15)18/h3-8H,2H2,1H3. The van der Waals surface area contributed by atoms with Crippen LogP contribution in [0, 0.1) is 0 Å². The first kappa shape index (κ1) is 15.2. The summed E-state index contributed by atoms with van der Waals surface area (Å²) in [6, 6.07) is 10.0. The Morgan fingerprint density at radius 2 is 1.65 bits per heavy atom. The zero-order valence-corrected chi connectivity index (χ0v) is 12.9. The molecule has 0 saturated carbocycles. The molecular formula is C15H11Cl3O2. The Morgan fingerprint density at radius 1 is 1.00 bits per heavy atom. The van der Waals surface area contributed by atoms with Gasteiger partial charge in [0, 0.05) is 12.5 Å². The third-order valence-corrected chi connectivity index (χ3v) is 3.72. The largest absolute Gasteiger partial charge is 0.455 e. The van der Waals surface area contributed by atoms with Crippen molar-refractivity contribution in [2.45, 2.75) is 13.3 Å². The van der Waals surface area contributed by atoms with E-state index < -0.39 is 0 Å². The van der Waals surface area contributed by atoms with Crippen LogP contribution in [0.1, 0.15) is 23.7 Å². The van der Waals surface area contributed by atoms with E-state index in [4.69, 9.17) is 39.5 Å². The quantitative estimate of drug-likeness (QED) is 0.505. The van der Waals surface area contributed by atoms with Gasteiger partial charge in [0.2, 0.25) is 0 Å². The number of rotatable bonds is 4. The van der Waals surface area contributed by atoms with Crippen LogP contribution in [0.15, 0.2) is 36.4 Å². The highest BCUT2D eigenvalue weighted by Crippen LogP contribution is 2.37. The molecule has 0 aliphatic rings. The van der Waals surface area contributed by atoms with E-state index in [1.165, 1.54) is 12.1 Å². The predicted octanol–water partition coefficient (Wildman–Crippen LogP) is 6.03. The monoisotopic (exact) mass is 328 g/mol. The molecule has 0 aromatic heterocycles. The first-order chi connectivity index (χ1) is 9.52. The number of Topliss-reactive ketones (excluding diaryl/α,β-unsaturated/α-hetero) is 1. The molecule has 2 nitrogen and oxygen atoms in total. The lowest BCUT2D eigenvalue weighted by Crippen LogP contribution is -2.00. The highest BCUT2D eigenvalue weighted by Gasteiger charge is 2.13. The molecule has 2 aromatic rings. The lowest BCUT2D eigenvalue weighted by molar-refractivity contribution is 0.0986. The summed E-state index contributed by atoms with van der Waals surface area (Å²) >= 11 is 17.9. The zero-order chi connectivity index (χ0) is 14.7. The number of carbonyl (C=O) groups is 1. The van der Waals surface area contributed by atoms with Crippen molar-refractivity contribution >= 4 is 40.6 Å². The van der Waals surface area contributed by atoms with Gasteiger partial charge in [-0.25, -0.2) is 0 Å². The molecule has 2 rings (SSSR count). The predicted molar refractivity (Wildman–Crippen MR) is 82.6 cm³/mol. The Hall–Kier alpha value is -1.22. The van der Waals surface area contributed by atoms with Crippen molar-refractivity contribution in [2.75, 3.05) is 0 Å². The van der Waals surface area contributed by atoms with Gasteiger partial charge >= 0.3 is 0 Å². The van der Waals surface area contributed by atoms with Crippen molar-refractivity contribution < 1.29 is 9.53 Å². The topological polar surface area (TPSA) is 26.3 Å². The zero-order valence-electron chi connectivity index (χ0n) is 10.6. The van der Waals surface area contributed by atoms with E-state index in [1.807, 2.05) is 0 Å². The number of halogens is 3. The Morgan fingerprint density at radius 3 is 2.35 bits per heavy atom. The SMILES string of the molecule is CCC(=O)c1ccccc1Oc1cc(Cl)c(Cl)cc1Cl. The second-order valence-corrected chi connectivity index (χ2v) is 5.29. The molecule has 0 fully saturated rings. The summed E-state index contributed by atoms with van der Waals surface area (Å²) in [6.07, 6.45) is 0.398. The number of hydrogen-bond donors (Lipinski definition) is 0. The number of ether oxygens (including phenoxy) is 1. The fourth-order valence-corrected chi connectivity index (χ4v) is 2.25. The van der Waals surface area contributed by atoms with E-state index >= 15 is 0 Å². The van der Waals surface area contributed by atoms with E-state index in [9.17, 15) is 4.79 Å². The highest BCUT2D eigenvalue weighted by atomic mass is 35.5. The first-order valence-corrected chi connectivity index (χ1v) is 7.11. The van der Waals surface area contributed by atoms with Crippen molar-refractivity contribution in [3.8, 4) is 11.5 Å². The van der Waals surface area contributed by atoms with Gasteiger partial charge in [-0.05, 0) is 18.2 Å². The van der Waals surface area contributed by atoms with Crippen LogP contribution in [0.2, 0.25) is 15.1 Å². The van der Waals surface area contributed by atoms with Crippen LogP contribution in [-0.4, -0.2) is 5.78 Å². The summed E-state index contributed by atoms with van der Waals surface area (Å²) < 4.78 is 5.70. The molecule has 0 aliphatic heterocycles. The molecule has 2 aromatic carbocycles. The van der Waals surface area contributed by atoms with E-state index in [1.54, 1.807) is 31.2 Å². The maximum absolute atomic E-state index is 11.9. The maximum atomic E-state index is 11.9. The van der Waals surface area contributed by atoms with Gasteiger partial charge in [-0.15, -0.1) is 0 Å². The Bertz CT molecular complexity index is 654. The highest BCUT2D eigenvalue weighted by molar-refractivity contribution is 6.43. The summed E-state index contributed by atoms with van der Waals surface area (Å²) in [6.45, 7) is 1.80.